The third-order valence-electron chi connectivity index (χ3n) is 4.79. The van der Waals surface area contributed by atoms with Gasteiger partial charge in [0.25, 0.3) is 0 Å². The first-order valence-electron chi connectivity index (χ1n) is 10.2. The van der Waals surface area contributed by atoms with Crippen molar-refractivity contribution in [3.63, 3.8) is 0 Å². The first-order valence-corrected chi connectivity index (χ1v) is 10.2. The quantitative estimate of drug-likeness (QED) is 0.304. The van der Waals surface area contributed by atoms with Crippen LogP contribution in [0.2, 0.25) is 0 Å². The van der Waals surface area contributed by atoms with E-state index in [-0.39, 0.29) is 24.0 Å². The second kappa shape index (κ2) is 12.7. The van der Waals surface area contributed by atoms with Crippen LogP contribution in [0.1, 0.15) is 36.1 Å². The molecule has 0 saturated carbocycles. The van der Waals surface area contributed by atoms with Crippen molar-refractivity contribution in [3.8, 4) is 5.75 Å². The van der Waals surface area contributed by atoms with Crippen LogP contribution in [0.4, 0.5) is 0 Å². The number of hydrogen-bond donors (Lipinski definition) is 2. The van der Waals surface area contributed by atoms with Gasteiger partial charge in [-0.1, -0.05) is 36.4 Å². The standard InChI is InChI=1S/C23H31N3O2.HI/c1-3-24-23(26-16-20-7-5-6-8-21(20)17-27-4-2)25-13-11-18-9-10-22-19(15-18)12-14-28-22;/h5-10,15H,3-4,11-14,16-17H2,1-2H3,(H2,24,25,26);1H. The molecule has 158 valence electrons. The van der Waals surface area contributed by atoms with Crippen LogP contribution >= 0.6 is 24.0 Å². The molecule has 3 rings (SSSR count). The molecule has 0 saturated heterocycles. The van der Waals surface area contributed by atoms with Crippen LogP contribution in [0.25, 0.3) is 0 Å². The van der Waals surface area contributed by atoms with Crippen LogP contribution in [0, 0.1) is 0 Å². The van der Waals surface area contributed by atoms with Crippen molar-refractivity contribution in [2.45, 2.75) is 39.8 Å². The van der Waals surface area contributed by atoms with E-state index in [1.165, 1.54) is 22.3 Å². The summed E-state index contributed by atoms with van der Waals surface area (Å²) in [5.41, 5.74) is 5.05. The topological polar surface area (TPSA) is 54.9 Å². The molecule has 0 atom stereocenters. The minimum absolute atomic E-state index is 0. The van der Waals surface area contributed by atoms with Gasteiger partial charge in [0.1, 0.15) is 5.75 Å². The average Bonchev–Trinajstić information content (AvgIpc) is 3.19. The van der Waals surface area contributed by atoms with Gasteiger partial charge >= 0.3 is 0 Å². The molecular formula is C23H32IN3O2. The molecule has 0 aromatic heterocycles. The zero-order valence-corrected chi connectivity index (χ0v) is 19.7. The van der Waals surface area contributed by atoms with Gasteiger partial charge in [-0.2, -0.15) is 0 Å². The molecule has 0 aliphatic carbocycles. The van der Waals surface area contributed by atoms with Gasteiger partial charge < -0.3 is 20.1 Å². The first kappa shape index (κ1) is 23.5. The van der Waals surface area contributed by atoms with Crippen molar-refractivity contribution in [2.24, 2.45) is 4.99 Å². The van der Waals surface area contributed by atoms with Gasteiger partial charge in [-0.25, -0.2) is 4.99 Å². The maximum atomic E-state index is 5.58. The van der Waals surface area contributed by atoms with E-state index in [1.807, 2.05) is 13.0 Å². The van der Waals surface area contributed by atoms with Crippen LogP contribution < -0.4 is 15.4 Å². The second-order valence-corrected chi connectivity index (χ2v) is 6.82. The summed E-state index contributed by atoms with van der Waals surface area (Å²) in [6, 6.07) is 14.8. The minimum atomic E-state index is 0. The Bertz CT molecular complexity index is 795. The van der Waals surface area contributed by atoms with Gasteiger partial charge in [0.2, 0.25) is 0 Å². The van der Waals surface area contributed by atoms with Gasteiger partial charge in [-0.3, -0.25) is 0 Å². The van der Waals surface area contributed by atoms with Gasteiger partial charge in [-0.05, 0) is 48.6 Å². The van der Waals surface area contributed by atoms with E-state index in [0.717, 1.165) is 50.9 Å². The van der Waals surface area contributed by atoms with Crippen molar-refractivity contribution in [1.29, 1.82) is 0 Å². The second-order valence-electron chi connectivity index (χ2n) is 6.82. The smallest absolute Gasteiger partial charge is 0.191 e. The number of nitrogens with zero attached hydrogens (tertiary/aromatic N) is 1. The molecule has 2 aromatic rings. The third-order valence-corrected chi connectivity index (χ3v) is 4.79. The summed E-state index contributed by atoms with van der Waals surface area (Å²) < 4.78 is 11.2. The highest BCUT2D eigenvalue weighted by Gasteiger charge is 2.11. The number of ether oxygens (including phenoxy) is 2. The molecule has 0 fully saturated rings. The summed E-state index contributed by atoms with van der Waals surface area (Å²) in [5, 5.41) is 6.78. The molecule has 0 radical (unpaired) electrons. The lowest BCUT2D eigenvalue weighted by Gasteiger charge is -2.13. The Morgan fingerprint density at radius 3 is 2.72 bits per heavy atom. The molecule has 0 amide bonds. The Morgan fingerprint density at radius 2 is 1.93 bits per heavy atom. The van der Waals surface area contributed by atoms with E-state index in [4.69, 9.17) is 14.5 Å². The number of halogens is 1. The maximum absolute atomic E-state index is 5.58. The molecule has 1 aliphatic heterocycles. The molecule has 1 heterocycles. The molecular weight excluding hydrogens is 477 g/mol. The van der Waals surface area contributed by atoms with E-state index < -0.39 is 0 Å². The van der Waals surface area contributed by atoms with Crippen molar-refractivity contribution in [3.05, 3.63) is 64.7 Å². The van der Waals surface area contributed by atoms with Crippen molar-refractivity contribution in [2.75, 3.05) is 26.3 Å². The number of hydrogen-bond acceptors (Lipinski definition) is 3. The Hall–Kier alpha value is -1.80. The Labute approximate surface area is 191 Å². The summed E-state index contributed by atoms with van der Waals surface area (Å²) >= 11 is 0. The summed E-state index contributed by atoms with van der Waals surface area (Å²) in [4.78, 5) is 4.76. The Balaban J connectivity index is 0.00000300. The SMILES string of the molecule is CCNC(=NCc1ccccc1COCC)NCCc1ccc2c(c1)CCO2.I. The molecule has 0 bridgehead atoms. The predicted octanol–water partition coefficient (Wildman–Crippen LogP) is 4.07. The van der Waals surface area contributed by atoms with Crippen LogP contribution in [-0.2, 0) is 30.7 Å². The summed E-state index contributed by atoms with van der Waals surface area (Å²) in [7, 11) is 0. The lowest BCUT2D eigenvalue weighted by molar-refractivity contribution is 0.133. The maximum Gasteiger partial charge on any atom is 0.191 e. The molecule has 2 N–H and O–H groups in total. The number of guanidine groups is 1. The highest BCUT2D eigenvalue weighted by molar-refractivity contribution is 14.0. The zero-order chi connectivity index (χ0) is 19.6. The zero-order valence-electron chi connectivity index (χ0n) is 17.4. The normalized spacial score (nSPS) is 12.7. The minimum Gasteiger partial charge on any atom is -0.493 e. The van der Waals surface area contributed by atoms with Gasteiger partial charge in [0, 0.05) is 26.1 Å². The molecule has 5 nitrogen and oxygen atoms in total. The van der Waals surface area contributed by atoms with E-state index in [9.17, 15) is 0 Å². The number of fused-ring (bicyclic) bond motifs is 1. The van der Waals surface area contributed by atoms with Crippen molar-refractivity contribution >= 4 is 29.9 Å². The van der Waals surface area contributed by atoms with Gasteiger partial charge in [0.05, 0.1) is 19.8 Å². The monoisotopic (exact) mass is 509 g/mol. The summed E-state index contributed by atoms with van der Waals surface area (Å²) in [5.74, 6) is 1.88. The van der Waals surface area contributed by atoms with E-state index in [0.29, 0.717) is 13.2 Å². The molecule has 0 unspecified atom stereocenters. The number of aliphatic imine (C=N–C) groups is 1. The molecule has 1 aliphatic rings. The van der Waals surface area contributed by atoms with E-state index in [2.05, 4.69) is 54.0 Å². The highest BCUT2D eigenvalue weighted by atomic mass is 127. The van der Waals surface area contributed by atoms with Crippen LogP contribution in [0.15, 0.2) is 47.5 Å². The average molecular weight is 509 g/mol. The molecule has 0 spiro atoms. The molecule has 2 aromatic carbocycles. The van der Waals surface area contributed by atoms with Crippen molar-refractivity contribution in [1.82, 2.24) is 10.6 Å². The van der Waals surface area contributed by atoms with Crippen molar-refractivity contribution < 1.29 is 9.47 Å². The predicted molar refractivity (Wildman–Crippen MR) is 129 cm³/mol. The lowest BCUT2D eigenvalue weighted by atomic mass is 10.1. The van der Waals surface area contributed by atoms with Crippen LogP contribution in [-0.4, -0.2) is 32.3 Å². The van der Waals surface area contributed by atoms with Gasteiger partial charge in [-0.15, -0.1) is 24.0 Å². The molecule has 6 heteroatoms. The fourth-order valence-electron chi connectivity index (χ4n) is 3.29. The Morgan fingerprint density at radius 1 is 1.10 bits per heavy atom. The largest absolute Gasteiger partial charge is 0.493 e. The van der Waals surface area contributed by atoms with Crippen LogP contribution in [0.3, 0.4) is 0 Å². The van der Waals surface area contributed by atoms with E-state index in [1.54, 1.807) is 0 Å². The van der Waals surface area contributed by atoms with E-state index >= 15 is 0 Å². The Kier molecular flexibility index (Phi) is 10.3. The number of nitrogens with one attached hydrogen (secondary N) is 2. The fourth-order valence-corrected chi connectivity index (χ4v) is 3.29. The number of benzene rings is 2. The third kappa shape index (κ3) is 7.19. The highest BCUT2D eigenvalue weighted by Crippen LogP contribution is 2.25. The number of rotatable bonds is 9. The fraction of sp³-hybridized carbons (Fsp3) is 0.435. The lowest BCUT2D eigenvalue weighted by Crippen LogP contribution is -2.38. The summed E-state index contributed by atoms with van der Waals surface area (Å²) in [6.45, 7) is 8.57. The van der Waals surface area contributed by atoms with Crippen LogP contribution in [0.5, 0.6) is 5.75 Å². The molecule has 29 heavy (non-hydrogen) atoms. The summed E-state index contributed by atoms with van der Waals surface area (Å²) in [6.07, 6.45) is 1.97. The first-order chi connectivity index (χ1) is 13.8. The van der Waals surface area contributed by atoms with Gasteiger partial charge in [0.15, 0.2) is 5.96 Å².